The van der Waals surface area contributed by atoms with Crippen molar-refractivity contribution >= 4 is 22.8 Å². The number of hydrogen-bond donors (Lipinski definition) is 1. The third-order valence-electron chi connectivity index (χ3n) is 3.16. The first kappa shape index (κ1) is 11.8. The molecule has 6 nitrogen and oxygen atoms in total. The predicted octanol–water partition coefficient (Wildman–Crippen LogP) is 1.54. The first-order valence-electron chi connectivity index (χ1n) is 5.89. The highest BCUT2D eigenvalue weighted by molar-refractivity contribution is 6.33. The van der Waals surface area contributed by atoms with E-state index in [1.807, 2.05) is 4.57 Å². The van der Waals surface area contributed by atoms with Crippen LogP contribution in [0.5, 0.6) is 0 Å². The van der Waals surface area contributed by atoms with E-state index < -0.39 is 0 Å². The van der Waals surface area contributed by atoms with Gasteiger partial charge in [-0.2, -0.15) is 0 Å². The summed E-state index contributed by atoms with van der Waals surface area (Å²) in [6, 6.07) is 0. The lowest BCUT2D eigenvalue weighted by Crippen LogP contribution is -2.12. The molecule has 1 aliphatic rings. The molecule has 1 fully saturated rings. The fraction of sp³-hybridized carbons (Fsp3) is 0.545. The Morgan fingerprint density at radius 1 is 1.39 bits per heavy atom. The second-order valence-electron chi connectivity index (χ2n) is 4.29. The lowest BCUT2D eigenvalue weighted by Gasteiger charge is -2.14. The molecule has 0 bridgehead atoms. The maximum atomic E-state index is 8.91. The van der Waals surface area contributed by atoms with Crippen LogP contribution in [0.25, 0.3) is 11.2 Å². The van der Waals surface area contributed by atoms with Crippen molar-refractivity contribution in [3.05, 3.63) is 17.8 Å². The lowest BCUT2D eigenvalue weighted by atomic mass is 10.2. The topological polar surface area (TPSA) is 73.1 Å². The number of rotatable bonds is 3. The van der Waals surface area contributed by atoms with Gasteiger partial charge in [0, 0.05) is 6.61 Å². The van der Waals surface area contributed by atoms with E-state index in [9.17, 15) is 0 Å². The maximum absolute atomic E-state index is 8.91. The van der Waals surface area contributed by atoms with Gasteiger partial charge in [0.25, 0.3) is 0 Å². The quantitative estimate of drug-likeness (QED) is 0.855. The molecule has 3 rings (SSSR count). The van der Waals surface area contributed by atoms with Crippen LogP contribution < -0.4 is 0 Å². The molecular weight excluding hydrogens is 256 g/mol. The predicted molar refractivity (Wildman–Crippen MR) is 65.2 cm³/mol. The zero-order valence-electron chi connectivity index (χ0n) is 9.66. The molecule has 3 heterocycles. The summed E-state index contributed by atoms with van der Waals surface area (Å²) in [5.41, 5.74) is 1.28. The van der Waals surface area contributed by atoms with E-state index in [2.05, 4.69) is 15.0 Å². The van der Waals surface area contributed by atoms with E-state index >= 15 is 0 Å². The number of aliphatic hydroxyl groups is 1. The van der Waals surface area contributed by atoms with Gasteiger partial charge in [0.15, 0.2) is 10.8 Å². The largest absolute Gasteiger partial charge is 0.396 e. The first-order valence-corrected chi connectivity index (χ1v) is 6.26. The minimum atomic E-state index is -0.0856. The van der Waals surface area contributed by atoms with E-state index in [0.717, 1.165) is 12.8 Å². The van der Waals surface area contributed by atoms with Crippen LogP contribution in [-0.4, -0.2) is 37.3 Å². The molecule has 0 amide bonds. The Balaban J connectivity index is 1.89. The summed E-state index contributed by atoms with van der Waals surface area (Å²) in [6.45, 7) is 0.149. The van der Waals surface area contributed by atoms with Crippen LogP contribution in [0.1, 0.15) is 25.5 Å². The van der Waals surface area contributed by atoms with E-state index in [-0.39, 0.29) is 18.9 Å². The molecule has 0 radical (unpaired) electrons. The number of aliphatic hydroxyl groups excluding tert-OH is 1. The van der Waals surface area contributed by atoms with E-state index in [1.165, 1.54) is 6.33 Å². The minimum Gasteiger partial charge on any atom is -0.396 e. The molecule has 0 spiro atoms. The standard InChI is InChI=1S/C11H13ClN4O2/c12-10-9-11(14-5-13-10)16(6-15-9)8-2-1-7(18-8)3-4-17/h5-8,17H,1-4H2/t7-,8-/m1/s1. The van der Waals surface area contributed by atoms with Crippen molar-refractivity contribution in [3.8, 4) is 0 Å². The number of ether oxygens (including phenoxy) is 1. The van der Waals surface area contributed by atoms with Crippen molar-refractivity contribution < 1.29 is 9.84 Å². The summed E-state index contributed by atoms with van der Waals surface area (Å²) < 4.78 is 7.73. The van der Waals surface area contributed by atoms with Crippen LogP contribution in [0.15, 0.2) is 12.7 Å². The van der Waals surface area contributed by atoms with Gasteiger partial charge in [-0.3, -0.25) is 4.57 Å². The van der Waals surface area contributed by atoms with Crippen molar-refractivity contribution in [2.75, 3.05) is 6.61 Å². The van der Waals surface area contributed by atoms with Crippen LogP contribution in [0, 0.1) is 0 Å². The SMILES string of the molecule is OCC[C@H]1CC[C@H](n2cnc3c(Cl)ncnc32)O1. The Morgan fingerprint density at radius 2 is 2.28 bits per heavy atom. The molecule has 96 valence electrons. The zero-order chi connectivity index (χ0) is 12.5. The fourth-order valence-electron chi connectivity index (χ4n) is 2.28. The second-order valence-corrected chi connectivity index (χ2v) is 4.65. The molecule has 0 unspecified atom stereocenters. The molecule has 2 aromatic heterocycles. The molecule has 7 heteroatoms. The molecule has 0 saturated carbocycles. The summed E-state index contributed by atoms with van der Waals surface area (Å²) in [5, 5.41) is 9.27. The Hall–Kier alpha value is -1.24. The molecular formula is C11H13ClN4O2. The zero-order valence-corrected chi connectivity index (χ0v) is 10.4. The van der Waals surface area contributed by atoms with Gasteiger partial charge in [0.1, 0.15) is 18.1 Å². The fourth-order valence-corrected chi connectivity index (χ4v) is 2.46. The van der Waals surface area contributed by atoms with Crippen LogP contribution in [0.3, 0.4) is 0 Å². The van der Waals surface area contributed by atoms with Crippen molar-refractivity contribution in [3.63, 3.8) is 0 Å². The van der Waals surface area contributed by atoms with Gasteiger partial charge in [0.2, 0.25) is 0 Å². The Bertz CT molecular complexity index is 559. The van der Waals surface area contributed by atoms with E-state index in [0.29, 0.717) is 22.7 Å². The molecule has 1 saturated heterocycles. The maximum Gasteiger partial charge on any atom is 0.166 e. The summed E-state index contributed by atoms with van der Waals surface area (Å²) in [5.74, 6) is 0. The smallest absolute Gasteiger partial charge is 0.166 e. The van der Waals surface area contributed by atoms with Crippen molar-refractivity contribution in [2.24, 2.45) is 0 Å². The van der Waals surface area contributed by atoms with Crippen LogP contribution in [0.2, 0.25) is 5.15 Å². The Labute approximate surface area is 109 Å². The van der Waals surface area contributed by atoms with Gasteiger partial charge < -0.3 is 9.84 Å². The van der Waals surface area contributed by atoms with Gasteiger partial charge in [-0.1, -0.05) is 11.6 Å². The van der Waals surface area contributed by atoms with Crippen LogP contribution >= 0.6 is 11.6 Å². The summed E-state index contributed by atoms with van der Waals surface area (Å²) in [6.07, 6.45) is 5.60. The van der Waals surface area contributed by atoms with Gasteiger partial charge in [-0.25, -0.2) is 15.0 Å². The second kappa shape index (κ2) is 4.79. The minimum absolute atomic E-state index is 0.0856. The van der Waals surface area contributed by atoms with Crippen molar-refractivity contribution in [2.45, 2.75) is 31.6 Å². The summed E-state index contributed by atoms with van der Waals surface area (Å²) >= 11 is 5.95. The highest BCUT2D eigenvalue weighted by Crippen LogP contribution is 2.32. The summed E-state index contributed by atoms with van der Waals surface area (Å²) in [4.78, 5) is 12.3. The van der Waals surface area contributed by atoms with Crippen LogP contribution in [-0.2, 0) is 4.74 Å². The number of hydrogen-bond acceptors (Lipinski definition) is 5. The highest BCUT2D eigenvalue weighted by atomic mass is 35.5. The number of halogens is 1. The number of imidazole rings is 1. The van der Waals surface area contributed by atoms with Crippen molar-refractivity contribution in [1.82, 2.24) is 19.5 Å². The molecule has 0 aromatic carbocycles. The number of fused-ring (bicyclic) bond motifs is 1. The average molecular weight is 269 g/mol. The Kier molecular flexibility index (Phi) is 3.15. The van der Waals surface area contributed by atoms with E-state index in [4.69, 9.17) is 21.4 Å². The van der Waals surface area contributed by atoms with Gasteiger partial charge >= 0.3 is 0 Å². The van der Waals surface area contributed by atoms with Gasteiger partial charge in [-0.15, -0.1) is 0 Å². The average Bonchev–Trinajstić information content (AvgIpc) is 2.96. The third-order valence-corrected chi connectivity index (χ3v) is 3.44. The van der Waals surface area contributed by atoms with Gasteiger partial charge in [0.05, 0.1) is 12.4 Å². The van der Waals surface area contributed by atoms with E-state index in [1.54, 1.807) is 6.33 Å². The van der Waals surface area contributed by atoms with Gasteiger partial charge in [-0.05, 0) is 19.3 Å². The van der Waals surface area contributed by atoms with Crippen LogP contribution in [0.4, 0.5) is 0 Å². The normalized spacial score (nSPS) is 23.9. The highest BCUT2D eigenvalue weighted by Gasteiger charge is 2.27. The van der Waals surface area contributed by atoms with Crippen molar-refractivity contribution in [1.29, 1.82) is 0 Å². The molecule has 18 heavy (non-hydrogen) atoms. The molecule has 2 aromatic rings. The molecule has 0 aliphatic carbocycles. The Morgan fingerprint density at radius 3 is 3.11 bits per heavy atom. The number of nitrogens with zero attached hydrogens (tertiary/aromatic N) is 4. The number of aromatic nitrogens is 4. The third kappa shape index (κ3) is 1.96. The first-order chi connectivity index (χ1) is 8.79. The summed E-state index contributed by atoms with van der Waals surface area (Å²) in [7, 11) is 0. The monoisotopic (exact) mass is 268 g/mol. The molecule has 1 aliphatic heterocycles. The lowest BCUT2D eigenvalue weighted by molar-refractivity contribution is -0.00575. The molecule has 2 atom stereocenters. The molecule has 1 N–H and O–H groups in total.